The Labute approximate surface area is 160 Å². The van der Waals surface area contributed by atoms with Crippen molar-refractivity contribution >= 4 is 17.8 Å². The molecule has 3 N–H and O–H groups in total. The number of carboxylic acids is 1. The molecule has 0 saturated carbocycles. The van der Waals surface area contributed by atoms with Gasteiger partial charge in [0.2, 0.25) is 5.91 Å². The van der Waals surface area contributed by atoms with Crippen molar-refractivity contribution in [2.45, 2.75) is 52.1 Å². The van der Waals surface area contributed by atoms with Crippen LogP contribution in [0, 0.1) is 5.41 Å². The molecule has 150 valence electrons. The summed E-state index contributed by atoms with van der Waals surface area (Å²) in [4.78, 5) is 37.7. The quantitative estimate of drug-likeness (QED) is 0.635. The zero-order chi connectivity index (χ0) is 20.6. The summed E-state index contributed by atoms with van der Waals surface area (Å²) in [5.41, 5.74) is 6.60. The van der Waals surface area contributed by atoms with Gasteiger partial charge in [0, 0.05) is 13.0 Å². The van der Waals surface area contributed by atoms with Gasteiger partial charge < -0.3 is 20.5 Å². The third-order valence-electron chi connectivity index (χ3n) is 4.22. The molecule has 2 unspecified atom stereocenters. The second kappa shape index (κ2) is 10.1. The van der Waals surface area contributed by atoms with Gasteiger partial charge in [-0.1, -0.05) is 51.1 Å². The molecule has 0 spiro atoms. The highest BCUT2D eigenvalue weighted by atomic mass is 16.5. The summed E-state index contributed by atoms with van der Waals surface area (Å²) < 4.78 is 4.92. The minimum Gasteiger partial charge on any atom is -0.481 e. The molecular formula is C20H30N2O5. The highest BCUT2D eigenvalue weighted by Crippen LogP contribution is 2.21. The van der Waals surface area contributed by atoms with Gasteiger partial charge in [-0.3, -0.25) is 9.59 Å². The summed E-state index contributed by atoms with van der Waals surface area (Å²) in [5.74, 6) is -2.28. The predicted octanol–water partition coefficient (Wildman–Crippen LogP) is 1.84. The van der Waals surface area contributed by atoms with Crippen molar-refractivity contribution in [3.8, 4) is 0 Å². The Hall–Kier alpha value is -2.41. The highest BCUT2D eigenvalue weighted by Gasteiger charge is 2.34. The number of ether oxygens (including phenoxy) is 1. The SMILES string of the molecule is COC(=O)C(Cc1ccccc1)N(CCC(C)(C)C)C(=O)C(N)CC(=O)O. The lowest BCUT2D eigenvalue weighted by atomic mass is 9.91. The van der Waals surface area contributed by atoms with E-state index in [2.05, 4.69) is 0 Å². The Morgan fingerprint density at radius 3 is 2.26 bits per heavy atom. The lowest BCUT2D eigenvalue weighted by Crippen LogP contribution is -2.53. The van der Waals surface area contributed by atoms with Crippen molar-refractivity contribution in [1.82, 2.24) is 4.90 Å². The van der Waals surface area contributed by atoms with Crippen LogP contribution in [-0.4, -0.2) is 53.6 Å². The van der Waals surface area contributed by atoms with Crippen LogP contribution in [-0.2, 0) is 25.5 Å². The van der Waals surface area contributed by atoms with Crippen LogP contribution < -0.4 is 5.73 Å². The third kappa shape index (κ3) is 7.78. The number of esters is 1. The number of hydrogen-bond donors (Lipinski definition) is 2. The van der Waals surface area contributed by atoms with E-state index in [9.17, 15) is 14.4 Å². The van der Waals surface area contributed by atoms with Crippen LogP contribution in [0.2, 0.25) is 0 Å². The minimum absolute atomic E-state index is 0.0805. The van der Waals surface area contributed by atoms with E-state index in [1.807, 2.05) is 51.1 Å². The molecule has 2 atom stereocenters. The zero-order valence-electron chi connectivity index (χ0n) is 16.5. The third-order valence-corrected chi connectivity index (χ3v) is 4.22. The largest absolute Gasteiger partial charge is 0.481 e. The summed E-state index contributed by atoms with van der Waals surface area (Å²) in [6, 6.07) is 7.20. The lowest BCUT2D eigenvalue weighted by Gasteiger charge is -2.34. The molecule has 0 bridgehead atoms. The van der Waals surface area contributed by atoms with Gasteiger partial charge in [-0.15, -0.1) is 0 Å². The summed E-state index contributed by atoms with van der Waals surface area (Å²) in [5, 5.41) is 8.96. The molecule has 1 aromatic rings. The molecule has 1 aromatic carbocycles. The van der Waals surface area contributed by atoms with Crippen LogP contribution in [0.1, 0.15) is 39.2 Å². The number of nitrogens with two attached hydrogens (primary N) is 1. The number of amides is 1. The first-order chi connectivity index (χ1) is 12.5. The predicted molar refractivity (Wildman–Crippen MR) is 102 cm³/mol. The Bertz CT molecular complexity index is 640. The van der Waals surface area contributed by atoms with E-state index in [1.165, 1.54) is 12.0 Å². The van der Waals surface area contributed by atoms with E-state index in [0.717, 1.165) is 5.56 Å². The molecule has 0 fully saturated rings. The lowest BCUT2D eigenvalue weighted by molar-refractivity contribution is -0.154. The second-order valence-electron chi connectivity index (χ2n) is 7.78. The number of carbonyl (C=O) groups is 3. The van der Waals surface area contributed by atoms with Gasteiger partial charge in [0.15, 0.2) is 0 Å². The van der Waals surface area contributed by atoms with Gasteiger partial charge in [-0.25, -0.2) is 4.79 Å². The maximum atomic E-state index is 12.9. The first-order valence-corrected chi connectivity index (χ1v) is 8.94. The Morgan fingerprint density at radius 2 is 1.78 bits per heavy atom. The standard InChI is InChI=1S/C20H30N2O5/c1-20(2,3)10-11-22(18(25)15(21)13-17(23)24)16(19(26)27-4)12-14-8-6-5-7-9-14/h5-9,15-16H,10-13,21H2,1-4H3,(H,23,24). The second-order valence-corrected chi connectivity index (χ2v) is 7.78. The average molecular weight is 378 g/mol. The molecule has 0 aliphatic carbocycles. The summed E-state index contributed by atoms with van der Waals surface area (Å²) in [6.45, 7) is 6.35. The first kappa shape index (κ1) is 22.6. The average Bonchev–Trinajstić information content (AvgIpc) is 2.59. The van der Waals surface area contributed by atoms with Crippen LogP contribution in [0.3, 0.4) is 0 Å². The van der Waals surface area contributed by atoms with Crippen LogP contribution in [0.4, 0.5) is 0 Å². The molecule has 7 nitrogen and oxygen atoms in total. The molecule has 0 aromatic heterocycles. The molecule has 1 rings (SSSR count). The highest BCUT2D eigenvalue weighted by molar-refractivity contribution is 5.90. The first-order valence-electron chi connectivity index (χ1n) is 8.94. The van der Waals surface area contributed by atoms with E-state index in [0.29, 0.717) is 6.42 Å². The molecule has 0 aliphatic heterocycles. The fraction of sp³-hybridized carbons (Fsp3) is 0.550. The van der Waals surface area contributed by atoms with Crippen molar-refractivity contribution in [1.29, 1.82) is 0 Å². The van der Waals surface area contributed by atoms with Gasteiger partial charge in [0.25, 0.3) is 0 Å². The topological polar surface area (TPSA) is 110 Å². The Balaban J connectivity index is 3.16. The summed E-state index contributed by atoms with van der Waals surface area (Å²) >= 11 is 0. The van der Waals surface area contributed by atoms with Crippen molar-refractivity contribution in [2.24, 2.45) is 11.1 Å². The monoisotopic (exact) mass is 378 g/mol. The number of rotatable bonds is 9. The molecular weight excluding hydrogens is 348 g/mol. The van der Waals surface area contributed by atoms with Crippen molar-refractivity contribution < 1.29 is 24.2 Å². The van der Waals surface area contributed by atoms with E-state index >= 15 is 0 Å². The maximum Gasteiger partial charge on any atom is 0.328 e. The Kier molecular flexibility index (Phi) is 8.43. The number of carbonyl (C=O) groups excluding carboxylic acids is 2. The van der Waals surface area contributed by atoms with Crippen LogP contribution in [0.15, 0.2) is 30.3 Å². The molecule has 0 aliphatic rings. The maximum absolute atomic E-state index is 12.9. The summed E-state index contributed by atoms with van der Waals surface area (Å²) in [6.07, 6.45) is 0.397. The van der Waals surface area contributed by atoms with Gasteiger partial charge >= 0.3 is 11.9 Å². The van der Waals surface area contributed by atoms with E-state index < -0.39 is 36.4 Å². The van der Waals surface area contributed by atoms with E-state index in [-0.39, 0.29) is 18.4 Å². The van der Waals surface area contributed by atoms with E-state index in [4.69, 9.17) is 15.6 Å². The van der Waals surface area contributed by atoms with Crippen LogP contribution in [0.25, 0.3) is 0 Å². The molecule has 7 heteroatoms. The molecule has 0 heterocycles. The fourth-order valence-corrected chi connectivity index (χ4v) is 2.66. The van der Waals surface area contributed by atoms with Gasteiger partial charge in [-0.05, 0) is 17.4 Å². The molecule has 1 amide bonds. The van der Waals surface area contributed by atoms with Crippen molar-refractivity contribution in [3.63, 3.8) is 0 Å². The van der Waals surface area contributed by atoms with Gasteiger partial charge in [-0.2, -0.15) is 0 Å². The number of nitrogens with zero attached hydrogens (tertiary/aromatic N) is 1. The van der Waals surface area contributed by atoms with Gasteiger partial charge in [0.1, 0.15) is 6.04 Å². The van der Waals surface area contributed by atoms with E-state index in [1.54, 1.807) is 0 Å². The zero-order valence-corrected chi connectivity index (χ0v) is 16.5. The molecule has 0 saturated heterocycles. The normalized spacial score (nSPS) is 13.5. The number of hydrogen-bond acceptors (Lipinski definition) is 5. The van der Waals surface area contributed by atoms with Gasteiger partial charge in [0.05, 0.1) is 19.6 Å². The molecule has 27 heavy (non-hydrogen) atoms. The number of carboxylic acid groups (broad SMARTS) is 1. The summed E-state index contributed by atoms with van der Waals surface area (Å²) in [7, 11) is 1.27. The number of benzene rings is 1. The van der Waals surface area contributed by atoms with Crippen molar-refractivity contribution in [2.75, 3.05) is 13.7 Å². The fourth-order valence-electron chi connectivity index (χ4n) is 2.66. The smallest absolute Gasteiger partial charge is 0.328 e. The van der Waals surface area contributed by atoms with Crippen LogP contribution >= 0.6 is 0 Å². The number of aliphatic carboxylic acids is 1. The molecule has 0 radical (unpaired) electrons. The Morgan fingerprint density at radius 1 is 1.19 bits per heavy atom. The van der Waals surface area contributed by atoms with Crippen LogP contribution in [0.5, 0.6) is 0 Å². The van der Waals surface area contributed by atoms with Crippen molar-refractivity contribution in [3.05, 3.63) is 35.9 Å². The minimum atomic E-state index is -1.22. The number of methoxy groups -OCH3 is 1.